The third kappa shape index (κ3) is 4.02. The topological polar surface area (TPSA) is 26.0 Å². The quantitative estimate of drug-likeness (QED) is 0.655. The fourth-order valence-electron chi connectivity index (χ4n) is 1.31. The molecule has 1 nitrogen and oxygen atoms in total. The summed E-state index contributed by atoms with van der Waals surface area (Å²) in [6.45, 7) is 3.44. The Hall–Kier alpha value is -1.07. The van der Waals surface area contributed by atoms with Gasteiger partial charge in [0.2, 0.25) is 0 Å². The predicted octanol–water partition coefficient (Wildman–Crippen LogP) is 3.84. The minimum atomic E-state index is -4.70. The lowest BCUT2D eigenvalue weighted by atomic mass is 10.0. The van der Waals surface area contributed by atoms with Crippen LogP contribution in [0.3, 0.4) is 0 Å². The first kappa shape index (κ1) is 15.9. The van der Waals surface area contributed by atoms with Crippen molar-refractivity contribution >= 4 is 12.4 Å². The Morgan fingerprint density at radius 3 is 2.41 bits per heavy atom. The molecule has 0 saturated carbocycles. The molecule has 0 aliphatic heterocycles. The number of hydrogen-bond donors (Lipinski definition) is 1. The smallest absolute Gasteiger partial charge is 0.324 e. The highest BCUT2D eigenvalue weighted by atomic mass is 35.5. The highest BCUT2D eigenvalue weighted by Gasteiger charge is 2.34. The fourth-order valence-corrected chi connectivity index (χ4v) is 1.31. The lowest BCUT2D eigenvalue weighted by Crippen LogP contribution is -2.13. The van der Waals surface area contributed by atoms with Crippen molar-refractivity contribution in [2.75, 3.05) is 0 Å². The molecule has 1 aromatic carbocycles. The SMILES string of the molecule is C=CC[C@@H](N)c1ccc(F)c(C(F)(F)F)c1.Cl. The summed E-state index contributed by atoms with van der Waals surface area (Å²) in [5, 5.41) is 0. The van der Waals surface area contributed by atoms with Crippen LogP contribution >= 0.6 is 12.4 Å². The van der Waals surface area contributed by atoms with Crippen molar-refractivity contribution in [3.8, 4) is 0 Å². The molecule has 0 fully saturated rings. The Morgan fingerprint density at radius 2 is 1.94 bits per heavy atom. The molecule has 0 bridgehead atoms. The van der Waals surface area contributed by atoms with Crippen LogP contribution in [0.5, 0.6) is 0 Å². The first-order valence-electron chi connectivity index (χ1n) is 4.59. The summed E-state index contributed by atoms with van der Waals surface area (Å²) in [4.78, 5) is 0. The van der Waals surface area contributed by atoms with Gasteiger partial charge in [-0.05, 0) is 24.1 Å². The van der Waals surface area contributed by atoms with Crippen molar-refractivity contribution < 1.29 is 17.6 Å². The lowest BCUT2D eigenvalue weighted by molar-refractivity contribution is -0.140. The van der Waals surface area contributed by atoms with E-state index in [1.807, 2.05) is 0 Å². The molecule has 0 spiro atoms. The second kappa shape index (κ2) is 6.02. The van der Waals surface area contributed by atoms with E-state index < -0.39 is 23.6 Å². The zero-order valence-electron chi connectivity index (χ0n) is 8.80. The van der Waals surface area contributed by atoms with Gasteiger partial charge < -0.3 is 5.73 Å². The Labute approximate surface area is 103 Å². The molecular formula is C11H12ClF4N. The Bertz CT molecular complexity index is 390. The molecule has 0 heterocycles. The maximum atomic E-state index is 12.9. The summed E-state index contributed by atoms with van der Waals surface area (Å²) in [5.74, 6) is -1.29. The normalized spacial score (nSPS) is 12.8. The van der Waals surface area contributed by atoms with Crippen LogP contribution in [0.4, 0.5) is 17.6 Å². The summed E-state index contributed by atoms with van der Waals surface area (Å²) < 4.78 is 50.1. The van der Waals surface area contributed by atoms with E-state index >= 15 is 0 Å². The molecule has 1 rings (SSSR count). The van der Waals surface area contributed by atoms with E-state index in [9.17, 15) is 17.6 Å². The van der Waals surface area contributed by atoms with Crippen LogP contribution in [-0.2, 0) is 6.18 Å². The van der Waals surface area contributed by atoms with Crippen LogP contribution in [0.2, 0.25) is 0 Å². The van der Waals surface area contributed by atoms with Gasteiger partial charge in [0.25, 0.3) is 0 Å². The van der Waals surface area contributed by atoms with Crippen molar-refractivity contribution in [2.24, 2.45) is 5.73 Å². The highest BCUT2D eigenvalue weighted by Crippen LogP contribution is 2.33. The Balaban J connectivity index is 0.00000256. The van der Waals surface area contributed by atoms with Gasteiger partial charge in [-0.2, -0.15) is 13.2 Å². The van der Waals surface area contributed by atoms with Crippen LogP contribution in [-0.4, -0.2) is 0 Å². The first-order chi connectivity index (χ1) is 7.36. The highest BCUT2D eigenvalue weighted by molar-refractivity contribution is 5.85. The summed E-state index contributed by atoms with van der Waals surface area (Å²) in [7, 11) is 0. The molecule has 0 aliphatic carbocycles. The second-order valence-electron chi connectivity index (χ2n) is 3.37. The molecule has 0 saturated heterocycles. The van der Waals surface area contributed by atoms with Gasteiger partial charge in [-0.1, -0.05) is 12.1 Å². The second-order valence-corrected chi connectivity index (χ2v) is 3.37. The number of nitrogens with two attached hydrogens (primary N) is 1. The third-order valence-corrected chi connectivity index (χ3v) is 2.14. The minimum absolute atomic E-state index is 0. The van der Waals surface area contributed by atoms with E-state index in [1.165, 1.54) is 12.1 Å². The van der Waals surface area contributed by atoms with Crippen LogP contribution in [0.15, 0.2) is 30.9 Å². The summed E-state index contributed by atoms with van der Waals surface area (Å²) in [6, 6.07) is 2.17. The predicted molar refractivity (Wildman–Crippen MR) is 60.4 cm³/mol. The van der Waals surface area contributed by atoms with Gasteiger partial charge in [0.1, 0.15) is 5.82 Å². The van der Waals surface area contributed by atoms with Crippen LogP contribution in [0, 0.1) is 5.82 Å². The molecule has 17 heavy (non-hydrogen) atoms. The fraction of sp³-hybridized carbons (Fsp3) is 0.273. The maximum absolute atomic E-state index is 12.9. The molecule has 0 unspecified atom stereocenters. The van der Waals surface area contributed by atoms with E-state index in [0.717, 1.165) is 12.1 Å². The van der Waals surface area contributed by atoms with Crippen molar-refractivity contribution in [3.63, 3.8) is 0 Å². The summed E-state index contributed by atoms with van der Waals surface area (Å²) >= 11 is 0. The molecule has 0 radical (unpaired) electrons. The molecular weight excluding hydrogens is 258 g/mol. The summed E-state index contributed by atoms with van der Waals surface area (Å²) in [6.07, 6.45) is -2.86. The Morgan fingerprint density at radius 1 is 1.35 bits per heavy atom. The number of hydrogen-bond acceptors (Lipinski definition) is 1. The van der Waals surface area contributed by atoms with Gasteiger partial charge in [-0.3, -0.25) is 0 Å². The van der Waals surface area contributed by atoms with Gasteiger partial charge in [0, 0.05) is 6.04 Å². The van der Waals surface area contributed by atoms with E-state index in [2.05, 4.69) is 6.58 Å². The van der Waals surface area contributed by atoms with Crippen LogP contribution in [0.25, 0.3) is 0 Å². The number of alkyl halides is 3. The van der Waals surface area contributed by atoms with Gasteiger partial charge in [-0.15, -0.1) is 19.0 Å². The molecule has 0 aliphatic rings. The summed E-state index contributed by atoms with van der Waals surface area (Å²) in [5.41, 5.74) is 4.56. The van der Waals surface area contributed by atoms with Crippen molar-refractivity contribution in [1.82, 2.24) is 0 Å². The van der Waals surface area contributed by atoms with Gasteiger partial charge in [0.15, 0.2) is 0 Å². The van der Waals surface area contributed by atoms with Crippen LogP contribution < -0.4 is 5.73 Å². The monoisotopic (exact) mass is 269 g/mol. The molecule has 96 valence electrons. The first-order valence-corrected chi connectivity index (χ1v) is 4.59. The van der Waals surface area contributed by atoms with Gasteiger partial charge in [-0.25, -0.2) is 4.39 Å². The van der Waals surface area contributed by atoms with E-state index in [-0.39, 0.29) is 18.0 Å². The molecule has 2 N–H and O–H groups in total. The van der Waals surface area contributed by atoms with Crippen molar-refractivity contribution in [3.05, 3.63) is 47.8 Å². The zero-order valence-corrected chi connectivity index (χ0v) is 9.61. The molecule has 1 aromatic rings. The zero-order chi connectivity index (χ0) is 12.3. The van der Waals surface area contributed by atoms with Crippen molar-refractivity contribution in [1.29, 1.82) is 0 Å². The number of benzene rings is 1. The van der Waals surface area contributed by atoms with Gasteiger partial charge in [0.05, 0.1) is 5.56 Å². The molecule has 1 atom stereocenters. The van der Waals surface area contributed by atoms with Crippen LogP contribution in [0.1, 0.15) is 23.6 Å². The average Bonchev–Trinajstić information content (AvgIpc) is 2.16. The largest absolute Gasteiger partial charge is 0.419 e. The Kier molecular flexibility index (Phi) is 5.64. The standard InChI is InChI=1S/C11H11F4N.ClH/c1-2-3-10(16)7-4-5-9(12)8(6-7)11(13,14)15;/h2,4-6,10H,1,3,16H2;1H/t10-;/m1./s1. The van der Waals surface area contributed by atoms with E-state index in [4.69, 9.17) is 5.73 Å². The lowest BCUT2D eigenvalue weighted by Gasteiger charge is -2.13. The maximum Gasteiger partial charge on any atom is 0.419 e. The molecule has 6 heteroatoms. The molecule has 0 amide bonds. The molecule has 0 aromatic heterocycles. The minimum Gasteiger partial charge on any atom is -0.324 e. The number of rotatable bonds is 3. The third-order valence-electron chi connectivity index (χ3n) is 2.14. The average molecular weight is 270 g/mol. The van der Waals surface area contributed by atoms with E-state index in [1.54, 1.807) is 0 Å². The van der Waals surface area contributed by atoms with Gasteiger partial charge >= 0.3 is 6.18 Å². The van der Waals surface area contributed by atoms with E-state index in [0.29, 0.717) is 6.42 Å². The number of halogens is 5. The van der Waals surface area contributed by atoms with Crippen molar-refractivity contribution in [2.45, 2.75) is 18.6 Å².